The average Bonchev–Trinajstić information content (AvgIpc) is 3.03. The van der Waals surface area contributed by atoms with Gasteiger partial charge in [0.1, 0.15) is 0 Å². The molecule has 0 aliphatic rings. The Balaban J connectivity index is 0. The van der Waals surface area contributed by atoms with Crippen LogP contribution < -0.4 is 0 Å². The maximum Gasteiger partial charge on any atom is 1.00 e. The largest absolute Gasteiger partial charge is 1.00 e. The van der Waals surface area contributed by atoms with Crippen molar-refractivity contribution in [2.45, 2.75) is 11.0 Å². The minimum atomic E-state index is -6.09. The molecule has 0 saturated carbocycles. The second kappa shape index (κ2) is 24.3. The summed E-state index contributed by atoms with van der Waals surface area (Å²) in [5.41, 5.74) is -8.18. The Morgan fingerprint density at radius 2 is 0.640 bits per heavy atom. The van der Waals surface area contributed by atoms with Gasteiger partial charge in [0.25, 0.3) is 0 Å². The van der Waals surface area contributed by atoms with Crippen molar-refractivity contribution in [3.05, 3.63) is 120 Å². The molecule has 4 heterocycles. The van der Waals surface area contributed by atoms with Crippen molar-refractivity contribution in [1.29, 1.82) is 0 Å². The van der Waals surface area contributed by atoms with Gasteiger partial charge >= 0.3 is 55.8 Å². The van der Waals surface area contributed by atoms with Crippen molar-refractivity contribution in [2.24, 2.45) is 20.4 Å². The average molecular weight is 934 g/mol. The van der Waals surface area contributed by atoms with Gasteiger partial charge in [-0.15, -0.1) is 0 Å². The van der Waals surface area contributed by atoms with Crippen LogP contribution in [0, 0.1) is 0 Å². The molecule has 0 unspecified atom stereocenters. The van der Waals surface area contributed by atoms with Gasteiger partial charge in [-0.25, -0.2) is 16.8 Å². The van der Waals surface area contributed by atoms with Gasteiger partial charge < -0.3 is 9.11 Å². The third kappa shape index (κ3) is 22.7. The number of rotatable bonds is 6. The summed E-state index contributed by atoms with van der Waals surface area (Å²) in [6.07, 6.45) is 13.2. The predicted octanol–water partition coefficient (Wildman–Crippen LogP) is 3.96. The van der Waals surface area contributed by atoms with Crippen LogP contribution in [0.5, 0.6) is 0 Å². The van der Waals surface area contributed by atoms with E-state index >= 15 is 0 Å². The van der Waals surface area contributed by atoms with Gasteiger partial charge in [-0.05, 0) is 48.5 Å². The summed E-state index contributed by atoms with van der Waals surface area (Å²) < 4.78 is 118. The minimum Gasteiger partial charge on any atom is -0.741 e. The van der Waals surface area contributed by atoms with Crippen LogP contribution >= 0.6 is 0 Å². The first-order chi connectivity index (χ1) is 22.4. The number of hydrogen-bond donors (Lipinski definition) is 0. The minimum absolute atomic E-state index is 0. The number of pyridine rings is 4. The summed E-state index contributed by atoms with van der Waals surface area (Å²) >= 11 is 0. The molecule has 0 radical (unpaired) electrons. The second-order valence-corrected chi connectivity index (χ2v) is 10.5. The molecule has 0 amide bonds. The fourth-order valence-corrected chi connectivity index (χ4v) is 2.18. The maximum atomic E-state index is 10.7. The van der Waals surface area contributed by atoms with Crippen molar-refractivity contribution in [3.63, 3.8) is 0 Å². The number of halogens is 6. The predicted molar refractivity (Wildman–Crippen MR) is 159 cm³/mol. The van der Waals surface area contributed by atoms with Crippen LogP contribution in [0.2, 0.25) is 0 Å². The molecule has 0 aliphatic heterocycles. The van der Waals surface area contributed by atoms with E-state index < -0.39 is 31.3 Å². The van der Waals surface area contributed by atoms with Gasteiger partial charge in [-0.1, -0.05) is 24.3 Å². The van der Waals surface area contributed by atoms with E-state index in [4.69, 9.17) is 25.9 Å². The van der Waals surface area contributed by atoms with Crippen LogP contribution in [-0.4, -0.2) is 81.8 Å². The summed E-state index contributed by atoms with van der Waals surface area (Å²) in [5.74, 6) is 0. The quantitative estimate of drug-likeness (QED) is 0.0678. The molecule has 0 saturated heterocycles. The van der Waals surface area contributed by atoms with Crippen molar-refractivity contribution >= 4 is 45.1 Å². The third-order valence-corrected chi connectivity index (χ3v) is 5.35. The molecular weight excluding hydrogens is 914 g/mol. The smallest absolute Gasteiger partial charge is 0.741 e. The summed E-state index contributed by atoms with van der Waals surface area (Å²) in [5, 5.41) is 15.5. The Bertz CT molecular complexity index is 1610. The molecular formula is C26H20Ag2F6N8O6S2. The molecule has 4 aromatic rings. The first-order valence-corrected chi connectivity index (χ1v) is 15.0. The van der Waals surface area contributed by atoms with Crippen molar-refractivity contribution < 1.29 is 97.0 Å². The zero-order chi connectivity index (χ0) is 36.1. The second-order valence-electron chi connectivity index (χ2n) is 7.80. The van der Waals surface area contributed by atoms with Crippen molar-refractivity contribution in [3.8, 4) is 0 Å². The van der Waals surface area contributed by atoms with E-state index in [0.29, 0.717) is 0 Å². The van der Waals surface area contributed by atoms with Gasteiger partial charge in [-0.2, -0.15) is 46.7 Å². The van der Waals surface area contributed by atoms with E-state index in [1.165, 1.54) is 0 Å². The molecule has 276 valence electrons. The first-order valence-electron chi connectivity index (χ1n) is 12.2. The van der Waals surface area contributed by atoms with Crippen molar-refractivity contribution in [1.82, 2.24) is 19.9 Å². The van der Waals surface area contributed by atoms with Crippen LogP contribution in [0.25, 0.3) is 0 Å². The molecule has 0 bridgehead atoms. The van der Waals surface area contributed by atoms with Gasteiger partial charge in [0, 0.05) is 24.8 Å². The molecule has 0 aromatic carbocycles. The molecule has 0 spiro atoms. The molecule has 0 aliphatic carbocycles. The van der Waals surface area contributed by atoms with E-state index in [0.717, 1.165) is 22.8 Å². The van der Waals surface area contributed by atoms with Crippen LogP contribution in [0.15, 0.2) is 118 Å². The van der Waals surface area contributed by atoms with Crippen LogP contribution in [0.3, 0.4) is 0 Å². The standard InChI is InChI=1S/2C12H10N4.2CHF3O3S.2Ag/c2*1-3-7-13-11(5-1)9-15-16-10-12-6-2-4-8-14-12;2*2-1(3,4)8(5,6)7;;/h2*1-10H;2*(H,5,6,7);;/q;;;;2*+1/p-2/b2*15-9+,16-10+;;;;. The van der Waals surface area contributed by atoms with Gasteiger partial charge in [-0.3, -0.25) is 19.9 Å². The number of hydrogen-bond acceptors (Lipinski definition) is 14. The number of alkyl halides is 6. The van der Waals surface area contributed by atoms with Crippen LogP contribution in [0.1, 0.15) is 22.8 Å². The fraction of sp³-hybridized carbons (Fsp3) is 0.0769. The first kappa shape index (κ1) is 48.3. The molecule has 4 aromatic heterocycles. The Morgan fingerprint density at radius 3 is 0.760 bits per heavy atom. The van der Waals surface area contributed by atoms with E-state index in [1.807, 2.05) is 72.8 Å². The monoisotopic (exact) mass is 932 g/mol. The van der Waals surface area contributed by atoms with E-state index in [1.54, 1.807) is 49.6 Å². The van der Waals surface area contributed by atoms with Gasteiger partial charge in [0.2, 0.25) is 0 Å². The van der Waals surface area contributed by atoms with Gasteiger partial charge in [0.15, 0.2) is 20.2 Å². The Labute approximate surface area is 312 Å². The van der Waals surface area contributed by atoms with Crippen molar-refractivity contribution in [2.75, 3.05) is 0 Å². The molecule has 0 N–H and O–H groups in total. The Morgan fingerprint density at radius 1 is 0.460 bits per heavy atom. The normalized spacial score (nSPS) is 11.7. The number of nitrogens with zero attached hydrogens (tertiary/aromatic N) is 8. The Kier molecular flexibility index (Phi) is 23.5. The Hall–Kier alpha value is -3.84. The molecule has 50 heavy (non-hydrogen) atoms. The molecule has 0 atom stereocenters. The van der Waals surface area contributed by atoms with E-state index in [2.05, 4.69) is 40.3 Å². The van der Waals surface area contributed by atoms with Crippen LogP contribution in [0.4, 0.5) is 26.3 Å². The van der Waals surface area contributed by atoms with Gasteiger partial charge in [0.05, 0.1) is 47.6 Å². The molecule has 0 fully saturated rings. The zero-order valence-electron chi connectivity index (χ0n) is 24.3. The topological polar surface area (TPSA) is 215 Å². The summed E-state index contributed by atoms with van der Waals surface area (Å²) in [7, 11) is -12.2. The van der Waals surface area contributed by atoms with Crippen LogP contribution in [-0.2, 0) is 65.0 Å². The summed E-state index contributed by atoms with van der Waals surface area (Å²) in [4.78, 5) is 16.3. The zero-order valence-corrected chi connectivity index (χ0v) is 28.9. The number of aromatic nitrogens is 4. The summed E-state index contributed by atoms with van der Waals surface area (Å²) in [6.45, 7) is 0. The SMILES string of the molecule is C(=N\N=C\c1ccccn1)/c1ccccn1.C(=N\N=C\c1ccccn1)/c1ccccn1.O=S(=O)([O-])C(F)(F)F.O=S(=O)([O-])C(F)(F)F.[Ag+].[Ag+]. The molecule has 24 heteroatoms. The van der Waals surface area contributed by atoms with E-state index in [9.17, 15) is 26.3 Å². The fourth-order valence-electron chi connectivity index (χ4n) is 2.18. The molecule has 4 rings (SSSR count). The maximum absolute atomic E-state index is 10.7. The third-order valence-electron chi connectivity index (χ3n) is 4.21. The summed E-state index contributed by atoms with van der Waals surface area (Å²) in [6, 6.07) is 22.5. The van der Waals surface area contributed by atoms with E-state index in [-0.39, 0.29) is 44.8 Å². The molecule has 14 nitrogen and oxygen atoms in total.